The summed E-state index contributed by atoms with van der Waals surface area (Å²) in [6, 6.07) is 1.56. The molecule has 0 spiro atoms. The molecule has 1 aliphatic rings. The molecule has 3 N–H and O–H groups in total. The predicted molar refractivity (Wildman–Crippen MR) is 68.1 cm³/mol. The summed E-state index contributed by atoms with van der Waals surface area (Å²) < 4.78 is 5.38. The smallest absolute Gasteiger partial charge is 0.244 e. The lowest BCUT2D eigenvalue weighted by molar-refractivity contribution is -0.124. The van der Waals surface area contributed by atoms with Crippen molar-refractivity contribution in [2.45, 2.75) is 12.6 Å². The van der Waals surface area contributed by atoms with Crippen molar-refractivity contribution in [2.24, 2.45) is 5.73 Å². The van der Waals surface area contributed by atoms with Crippen molar-refractivity contribution < 1.29 is 9.53 Å². The van der Waals surface area contributed by atoms with Gasteiger partial charge in [-0.05, 0) is 11.6 Å². The fraction of sp³-hybridized carbons (Fsp3) is 0.500. The van der Waals surface area contributed by atoms with Crippen molar-refractivity contribution in [1.82, 2.24) is 10.3 Å². The molecular formula is C12H18N4O2. The summed E-state index contributed by atoms with van der Waals surface area (Å²) in [4.78, 5) is 18.0. The Balaban J connectivity index is 2.30. The van der Waals surface area contributed by atoms with Gasteiger partial charge in [0.25, 0.3) is 0 Å². The predicted octanol–water partition coefficient (Wildman–Crippen LogP) is -0.508. The molecule has 6 nitrogen and oxygen atoms in total. The third-order valence-corrected chi connectivity index (χ3v) is 3.09. The number of carbonyl (C=O) groups excluding carboxylic acids is 1. The van der Waals surface area contributed by atoms with E-state index in [1.807, 2.05) is 11.0 Å². The Bertz CT molecular complexity index is 424. The molecule has 1 amide bonds. The summed E-state index contributed by atoms with van der Waals surface area (Å²) in [6.07, 6.45) is 3.46. The van der Waals surface area contributed by atoms with E-state index in [-0.39, 0.29) is 11.9 Å². The highest BCUT2D eigenvalue weighted by atomic mass is 16.5. The number of nitrogens with zero attached hydrogens (tertiary/aromatic N) is 2. The second-order valence-corrected chi connectivity index (χ2v) is 4.11. The number of hydrogen-bond donors (Lipinski definition) is 2. The van der Waals surface area contributed by atoms with Gasteiger partial charge in [-0.15, -0.1) is 0 Å². The Labute approximate surface area is 106 Å². The van der Waals surface area contributed by atoms with Crippen LogP contribution >= 0.6 is 0 Å². The molecule has 1 fully saturated rings. The first-order valence-corrected chi connectivity index (χ1v) is 5.97. The van der Waals surface area contributed by atoms with Crippen LogP contribution in [-0.2, 0) is 16.1 Å². The van der Waals surface area contributed by atoms with E-state index in [4.69, 9.17) is 10.5 Å². The monoisotopic (exact) mass is 250 g/mol. The normalized spacial score (nSPS) is 19.7. The summed E-state index contributed by atoms with van der Waals surface area (Å²) >= 11 is 0. The summed E-state index contributed by atoms with van der Waals surface area (Å²) in [5, 5.41) is 2.66. The average Bonchev–Trinajstić information content (AvgIpc) is 2.46. The minimum atomic E-state index is -0.321. The van der Waals surface area contributed by atoms with E-state index in [0.717, 1.165) is 11.3 Å². The summed E-state index contributed by atoms with van der Waals surface area (Å²) in [7, 11) is 1.63. The Morgan fingerprint density at radius 2 is 2.56 bits per heavy atom. The number of morpholine rings is 1. The van der Waals surface area contributed by atoms with E-state index in [1.54, 1.807) is 19.4 Å². The molecule has 18 heavy (non-hydrogen) atoms. The fourth-order valence-corrected chi connectivity index (χ4v) is 2.12. The second-order valence-electron chi connectivity index (χ2n) is 4.11. The van der Waals surface area contributed by atoms with E-state index >= 15 is 0 Å². The van der Waals surface area contributed by atoms with Gasteiger partial charge in [0.05, 0.1) is 25.1 Å². The molecule has 2 heterocycles. The summed E-state index contributed by atoms with van der Waals surface area (Å²) in [5.74, 6) is -0.0541. The number of nitrogens with two attached hydrogens (primary N) is 1. The first-order valence-electron chi connectivity index (χ1n) is 5.97. The van der Waals surface area contributed by atoms with Gasteiger partial charge in [0.1, 0.15) is 6.04 Å². The number of ether oxygens (including phenoxy) is 1. The molecule has 1 saturated heterocycles. The van der Waals surface area contributed by atoms with Gasteiger partial charge in [-0.3, -0.25) is 9.78 Å². The molecule has 0 saturated carbocycles. The Morgan fingerprint density at radius 3 is 3.28 bits per heavy atom. The first-order chi connectivity index (χ1) is 8.77. The maximum Gasteiger partial charge on any atom is 0.244 e. The van der Waals surface area contributed by atoms with Crippen LogP contribution in [0.15, 0.2) is 18.5 Å². The van der Waals surface area contributed by atoms with E-state index in [0.29, 0.717) is 26.3 Å². The van der Waals surface area contributed by atoms with Gasteiger partial charge in [0, 0.05) is 26.3 Å². The zero-order valence-electron chi connectivity index (χ0n) is 10.4. The molecule has 1 aliphatic heterocycles. The zero-order chi connectivity index (χ0) is 13.0. The molecule has 0 bridgehead atoms. The summed E-state index contributed by atoms with van der Waals surface area (Å²) in [5.41, 5.74) is 7.63. The topological polar surface area (TPSA) is 80.5 Å². The van der Waals surface area contributed by atoms with Crippen molar-refractivity contribution >= 4 is 11.6 Å². The number of likely N-dealkylation sites (N-methyl/N-ethyl adjacent to an activating group) is 1. The summed E-state index contributed by atoms with van der Waals surface area (Å²) in [6.45, 7) is 2.08. The number of amides is 1. The molecule has 1 aromatic rings. The van der Waals surface area contributed by atoms with Crippen molar-refractivity contribution in [1.29, 1.82) is 0 Å². The van der Waals surface area contributed by atoms with Crippen LogP contribution in [0.5, 0.6) is 0 Å². The molecule has 0 aliphatic carbocycles. The van der Waals surface area contributed by atoms with Crippen molar-refractivity contribution in [3.05, 3.63) is 24.0 Å². The molecule has 0 aromatic carbocycles. The van der Waals surface area contributed by atoms with Crippen molar-refractivity contribution in [3.8, 4) is 0 Å². The highest BCUT2D eigenvalue weighted by Gasteiger charge is 2.30. The highest BCUT2D eigenvalue weighted by molar-refractivity contribution is 5.85. The number of pyridine rings is 1. The maximum atomic E-state index is 11.9. The second kappa shape index (κ2) is 5.79. The Hall–Kier alpha value is -1.66. The molecular weight excluding hydrogens is 232 g/mol. The number of aromatic nitrogens is 1. The highest BCUT2D eigenvalue weighted by Crippen LogP contribution is 2.23. The lowest BCUT2D eigenvalue weighted by Crippen LogP contribution is -2.53. The van der Waals surface area contributed by atoms with Gasteiger partial charge in [0.2, 0.25) is 5.91 Å². The molecule has 0 radical (unpaired) electrons. The van der Waals surface area contributed by atoms with Crippen LogP contribution in [0.3, 0.4) is 0 Å². The van der Waals surface area contributed by atoms with E-state index in [2.05, 4.69) is 10.3 Å². The number of nitrogens with one attached hydrogen (secondary N) is 1. The van der Waals surface area contributed by atoms with Gasteiger partial charge >= 0.3 is 0 Å². The molecule has 98 valence electrons. The lowest BCUT2D eigenvalue weighted by Gasteiger charge is -2.36. The van der Waals surface area contributed by atoms with Gasteiger partial charge < -0.3 is 20.7 Å². The van der Waals surface area contributed by atoms with Gasteiger partial charge in [-0.25, -0.2) is 0 Å². The number of anilines is 1. The minimum Gasteiger partial charge on any atom is -0.377 e. The van der Waals surface area contributed by atoms with E-state index < -0.39 is 0 Å². The lowest BCUT2D eigenvalue weighted by atomic mass is 10.1. The number of rotatable bonds is 3. The van der Waals surface area contributed by atoms with Crippen LogP contribution in [0.4, 0.5) is 5.69 Å². The minimum absolute atomic E-state index is 0.0541. The standard InChI is InChI=1S/C12H18N4O2/c1-14-12(17)11-8-18-5-4-16(11)10-7-15-3-2-9(10)6-13/h2-3,7,11H,4-6,8,13H2,1H3,(H,14,17). The quantitative estimate of drug-likeness (QED) is 0.755. The van der Waals surface area contributed by atoms with Crippen LogP contribution in [-0.4, -0.2) is 43.7 Å². The van der Waals surface area contributed by atoms with Crippen LogP contribution in [0, 0.1) is 0 Å². The van der Waals surface area contributed by atoms with Crippen LogP contribution in [0.25, 0.3) is 0 Å². The third-order valence-electron chi connectivity index (χ3n) is 3.09. The van der Waals surface area contributed by atoms with E-state index in [1.165, 1.54) is 0 Å². The number of hydrogen-bond acceptors (Lipinski definition) is 5. The molecule has 1 unspecified atom stereocenters. The van der Waals surface area contributed by atoms with Gasteiger partial charge in [-0.2, -0.15) is 0 Å². The average molecular weight is 250 g/mol. The van der Waals surface area contributed by atoms with Crippen LogP contribution < -0.4 is 16.0 Å². The zero-order valence-corrected chi connectivity index (χ0v) is 10.4. The molecule has 2 rings (SSSR count). The third kappa shape index (κ3) is 2.44. The van der Waals surface area contributed by atoms with E-state index in [9.17, 15) is 4.79 Å². The Morgan fingerprint density at radius 1 is 1.72 bits per heavy atom. The van der Waals surface area contributed by atoms with Crippen LogP contribution in [0.1, 0.15) is 5.56 Å². The first kappa shape index (κ1) is 12.8. The van der Waals surface area contributed by atoms with Gasteiger partial charge in [-0.1, -0.05) is 0 Å². The maximum absolute atomic E-state index is 11.9. The Kier molecular flexibility index (Phi) is 4.11. The largest absolute Gasteiger partial charge is 0.377 e. The molecule has 1 atom stereocenters. The SMILES string of the molecule is CNC(=O)C1COCCN1c1cnccc1CN. The molecule has 6 heteroatoms. The fourth-order valence-electron chi connectivity index (χ4n) is 2.12. The van der Waals surface area contributed by atoms with Crippen molar-refractivity contribution in [3.63, 3.8) is 0 Å². The molecule has 1 aromatic heterocycles. The number of carbonyl (C=O) groups is 1. The van der Waals surface area contributed by atoms with Crippen molar-refractivity contribution in [2.75, 3.05) is 31.7 Å². The van der Waals surface area contributed by atoms with Gasteiger partial charge in [0.15, 0.2) is 0 Å². The van der Waals surface area contributed by atoms with Crippen LogP contribution in [0.2, 0.25) is 0 Å².